The number of ether oxygens (including phenoxy) is 1. The highest BCUT2D eigenvalue weighted by atomic mass is 32.2. The van der Waals surface area contributed by atoms with Crippen LogP contribution in [0.25, 0.3) is 21.6 Å². The Balaban J connectivity index is 1.83. The molecule has 2 aromatic heterocycles. The second-order valence-electron chi connectivity index (χ2n) is 5.42. The molecule has 0 N–H and O–H groups in total. The summed E-state index contributed by atoms with van der Waals surface area (Å²) >= 11 is 2.71. The van der Waals surface area contributed by atoms with Gasteiger partial charge in [0.25, 0.3) is 0 Å². The molecule has 3 rings (SSSR count). The molecule has 0 fully saturated rings. The topological polar surface area (TPSA) is 82.0 Å². The minimum atomic E-state index is -0.502. The van der Waals surface area contributed by atoms with Gasteiger partial charge >= 0.3 is 5.97 Å². The van der Waals surface area contributed by atoms with E-state index in [2.05, 4.69) is 15.0 Å². The number of thioether (sulfide) groups is 1. The van der Waals surface area contributed by atoms with Crippen LogP contribution in [0.15, 0.2) is 35.5 Å². The van der Waals surface area contributed by atoms with Crippen molar-refractivity contribution in [1.82, 2.24) is 15.0 Å². The Hall–Kier alpha value is -2.32. The van der Waals surface area contributed by atoms with Gasteiger partial charge in [-0.05, 0) is 13.8 Å². The minimum Gasteiger partial charge on any atom is -0.466 e. The van der Waals surface area contributed by atoms with Gasteiger partial charge in [0.05, 0.1) is 17.4 Å². The minimum absolute atomic E-state index is 0.121. The molecule has 0 aliphatic rings. The number of Topliss-reactive ketones (excluding diaryl/α,β-unsaturated/α-hetero) is 1. The number of aryl methyl sites for hydroxylation is 1. The monoisotopic (exact) mass is 387 g/mol. The summed E-state index contributed by atoms with van der Waals surface area (Å²) in [6.45, 7) is 3.91. The molecule has 0 bridgehead atoms. The lowest BCUT2D eigenvalue weighted by Gasteiger charge is -2.05. The van der Waals surface area contributed by atoms with Crippen LogP contribution in [0.1, 0.15) is 18.4 Å². The molecule has 0 aliphatic heterocycles. The average molecular weight is 387 g/mol. The molecule has 0 atom stereocenters. The van der Waals surface area contributed by atoms with E-state index >= 15 is 0 Å². The molecular weight excluding hydrogens is 370 g/mol. The first-order chi connectivity index (χ1) is 12.6. The molecule has 6 nitrogen and oxygen atoms in total. The zero-order valence-electron chi connectivity index (χ0n) is 14.4. The number of hydrogen-bond donors (Lipinski definition) is 0. The summed E-state index contributed by atoms with van der Waals surface area (Å²) in [5.41, 5.74) is 2.46. The second-order valence-corrected chi connectivity index (χ2v) is 7.54. The van der Waals surface area contributed by atoms with Gasteiger partial charge in [-0.2, -0.15) is 0 Å². The SMILES string of the molecule is CCOC(=O)CC(=O)CSc1nc(-c2ccccc2)c2nc(C)sc2n1. The predicted molar refractivity (Wildman–Crippen MR) is 102 cm³/mol. The zero-order chi connectivity index (χ0) is 18.5. The van der Waals surface area contributed by atoms with Crippen LogP contribution in [0.2, 0.25) is 0 Å². The maximum Gasteiger partial charge on any atom is 0.313 e. The zero-order valence-corrected chi connectivity index (χ0v) is 16.0. The van der Waals surface area contributed by atoms with Crippen molar-refractivity contribution in [3.63, 3.8) is 0 Å². The Bertz CT molecular complexity index is 942. The number of thiazole rings is 1. The number of hydrogen-bond acceptors (Lipinski definition) is 8. The van der Waals surface area contributed by atoms with Crippen LogP contribution in [0, 0.1) is 6.92 Å². The molecule has 0 spiro atoms. The number of aromatic nitrogens is 3. The molecule has 2 heterocycles. The van der Waals surface area contributed by atoms with E-state index in [4.69, 9.17) is 4.74 Å². The van der Waals surface area contributed by atoms with Crippen molar-refractivity contribution in [2.75, 3.05) is 12.4 Å². The Morgan fingerprint density at radius 1 is 1.15 bits per heavy atom. The second kappa shape index (κ2) is 8.37. The third kappa shape index (κ3) is 4.44. The van der Waals surface area contributed by atoms with Crippen molar-refractivity contribution in [3.8, 4) is 11.3 Å². The van der Waals surface area contributed by atoms with Gasteiger partial charge < -0.3 is 4.74 Å². The summed E-state index contributed by atoms with van der Waals surface area (Å²) < 4.78 is 4.80. The summed E-state index contributed by atoms with van der Waals surface area (Å²) in [5, 5.41) is 1.41. The quantitative estimate of drug-likeness (QED) is 0.265. The van der Waals surface area contributed by atoms with Crippen LogP contribution in [0.3, 0.4) is 0 Å². The first kappa shape index (κ1) is 18.5. The number of carbonyl (C=O) groups is 2. The molecule has 0 amide bonds. The number of esters is 1. The fourth-order valence-corrected chi connectivity index (χ4v) is 3.89. The molecule has 3 aromatic rings. The molecule has 0 unspecified atom stereocenters. The lowest BCUT2D eigenvalue weighted by atomic mass is 10.1. The van der Waals surface area contributed by atoms with Gasteiger partial charge in [-0.15, -0.1) is 0 Å². The average Bonchev–Trinajstić information content (AvgIpc) is 3.00. The number of fused-ring (bicyclic) bond motifs is 1. The number of rotatable bonds is 7. The van der Waals surface area contributed by atoms with Gasteiger partial charge in [0, 0.05) is 5.56 Å². The molecule has 1 aromatic carbocycles. The van der Waals surface area contributed by atoms with Crippen molar-refractivity contribution in [3.05, 3.63) is 35.3 Å². The van der Waals surface area contributed by atoms with Gasteiger partial charge in [0.1, 0.15) is 22.5 Å². The maximum atomic E-state index is 11.9. The fourth-order valence-electron chi connectivity index (χ4n) is 2.34. The Morgan fingerprint density at radius 3 is 2.65 bits per heavy atom. The van der Waals surface area contributed by atoms with Gasteiger partial charge in [-0.25, -0.2) is 15.0 Å². The largest absolute Gasteiger partial charge is 0.466 e. The first-order valence-corrected chi connectivity index (χ1v) is 9.87. The lowest BCUT2D eigenvalue weighted by molar-refractivity contribution is -0.145. The van der Waals surface area contributed by atoms with E-state index < -0.39 is 5.97 Å². The van der Waals surface area contributed by atoms with Crippen molar-refractivity contribution < 1.29 is 14.3 Å². The molecule has 0 saturated carbocycles. The molecule has 26 heavy (non-hydrogen) atoms. The number of carbonyl (C=O) groups excluding carboxylic acids is 2. The molecular formula is C18H17N3O3S2. The summed E-state index contributed by atoms with van der Waals surface area (Å²) in [4.78, 5) is 37.8. The van der Waals surface area contributed by atoms with E-state index in [9.17, 15) is 9.59 Å². The van der Waals surface area contributed by atoms with Crippen molar-refractivity contribution in [2.24, 2.45) is 0 Å². The fraction of sp³-hybridized carbons (Fsp3) is 0.278. The molecule has 134 valence electrons. The maximum absolute atomic E-state index is 11.9. The van der Waals surface area contributed by atoms with Crippen LogP contribution < -0.4 is 0 Å². The van der Waals surface area contributed by atoms with Crippen LogP contribution in [0.5, 0.6) is 0 Å². The van der Waals surface area contributed by atoms with E-state index in [0.717, 1.165) is 26.6 Å². The Kier molecular flexibility index (Phi) is 5.95. The van der Waals surface area contributed by atoms with Crippen molar-refractivity contribution >= 4 is 45.2 Å². The molecule has 8 heteroatoms. The van der Waals surface area contributed by atoms with E-state index in [1.54, 1.807) is 6.92 Å². The highest BCUT2D eigenvalue weighted by Gasteiger charge is 2.16. The van der Waals surface area contributed by atoms with Gasteiger partial charge in [-0.1, -0.05) is 53.4 Å². The summed E-state index contributed by atoms with van der Waals surface area (Å²) in [7, 11) is 0. The Morgan fingerprint density at radius 2 is 1.92 bits per heavy atom. The standard InChI is InChI=1S/C18H17N3O3S2/c1-3-24-14(23)9-13(22)10-25-18-20-15(12-7-5-4-6-8-12)16-17(21-18)26-11(2)19-16/h4-8H,3,9-10H2,1-2H3. The van der Waals surface area contributed by atoms with E-state index in [-0.39, 0.29) is 24.6 Å². The number of nitrogens with zero attached hydrogens (tertiary/aromatic N) is 3. The summed E-state index contributed by atoms with van der Waals surface area (Å²) in [6, 6.07) is 9.77. The van der Waals surface area contributed by atoms with Crippen LogP contribution in [-0.2, 0) is 14.3 Å². The van der Waals surface area contributed by atoms with Gasteiger partial charge in [0.2, 0.25) is 0 Å². The molecule has 0 saturated heterocycles. The van der Waals surface area contributed by atoms with Crippen LogP contribution in [-0.4, -0.2) is 39.1 Å². The first-order valence-electron chi connectivity index (χ1n) is 8.07. The highest BCUT2D eigenvalue weighted by molar-refractivity contribution is 7.99. The van der Waals surface area contributed by atoms with Gasteiger partial charge in [0.15, 0.2) is 10.9 Å². The van der Waals surface area contributed by atoms with E-state index in [1.807, 2.05) is 37.3 Å². The lowest BCUT2D eigenvalue weighted by Crippen LogP contribution is -2.12. The molecule has 0 radical (unpaired) electrons. The Labute approximate surface area is 159 Å². The number of ketones is 1. The molecule has 0 aliphatic carbocycles. The smallest absolute Gasteiger partial charge is 0.313 e. The summed E-state index contributed by atoms with van der Waals surface area (Å²) in [6.07, 6.45) is -0.228. The summed E-state index contributed by atoms with van der Waals surface area (Å²) in [5.74, 6) is -0.590. The van der Waals surface area contributed by atoms with Crippen LogP contribution in [0.4, 0.5) is 0 Å². The van der Waals surface area contributed by atoms with Gasteiger partial charge in [-0.3, -0.25) is 9.59 Å². The predicted octanol–water partition coefficient (Wildman–Crippen LogP) is 3.68. The third-order valence-electron chi connectivity index (χ3n) is 3.40. The normalized spacial score (nSPS) is 10.8. The van der Waals surface area contributed by atoms with Crippen molar-refractivity contribution in [1.29, 1.82) is 0 Å². The van der Waals surface area contributed by atoms with E-state index in [1.165, 1.54) is 23.1 Å². The highest BCUT2D eigenvalue weighted by Crippen LogP contribution is 2.31. The van der Waals surface area contributed by atoms with E-state index in [0.29, 0.717) is 5.16 Å². The third-order valence-corrected chi connectivity index (χ3v) is 5.17. The van der Waals surface area contributed by atoms with Crippen LogP contribution >= 0.6 is 23.1 Å². The van der Waals surface area contributed by atoms with Crippen molar-refractivity contribution in [2.45, 2.75) is 25.4 Å². The number of benzene rings is 1.